The minimum absolute atomic E-state index is 0.238. The fourth-order valence-electron chi connectivity index (χ4n) is 2.98. The average Bonchev–Trinajstić information content (AvgIpc) is 2.65. The number of hydrogen-bond donors (Lipinski definition) is 0. The molecule has 0 aromatic heterocycles. The van der Waals surface area contributed by atoms with E-state index in [1.807, 2.05) is 48.5 Å². The molecule has 0 N–H and O–H groups in total. The zero-order valence-corrected chi connectivity index (χ0v) is 16.7. The van der Waals surface area contributed by atoms with Crippen LogP contribution in [0, 0.1) is 5.41 Å². The van der Waals surface area contributed by atoms with Crippen LogP contribution in [-0.4, -0.2) is 26.4 Å². The van der Waals surface area contributed by atoms with Crippen LogP contribution in [-0.2, 0) is 18.9 Å². The lowest BCUT2D eigenvalue weighted by molar-refractivity contribution is -0.307. The van der Waals surface area contributed by atoms with Crippen LogP contribution in [0.15, 0.2) is 57.5 Å². The molecule has 0 radical (unpaired) electrons. The Bertz CT molecular complexity index is 634. The normalized spacial score (nSPS) is 29.7. The second-order valence-electron chi connectivity index (χ2n) is 6.51. The number of hydrogen-bond acceptors (Lipinski definition) is 4. The van der Waals surface area contributed by atoms with E-state index in [4.69, 9.17) is 18.9 Å². The molecule has 0 atom stereocenters. The molecule has 0 amide bonds. The molecule has 4 rings (SSSR count). The summed E-state index contributed by atoms with van der Waals surface area (Å²) in [5, 5.41) is 0. The largest absolute Gasteiger partial charge is 0.348 e. The van der Waals surface area contributed by atoms with Gasteiger partial charge in [-0.3, -0.25) is 0 Å². The van der Waals surface area contributed by atoms with Crippen LogP contribution in [0.25, 0.3) is 0 Å². The van der Waals surface area contributed by atoms with E-state index < -0.39 is 0 Å². The molecular weight excluding hydrogens is 452 g/mol. The minimum Gasteiger partial charge on any atom is -0.348 e. The van der Waals surface area contributed by atoms with Crippen LogP contribution >= 0.6 is 31.9 Å². The molecule has 0 unspecified atom stereocenters. The van der Waals surface area contributed by atoms with Crippen LogP contribution < -0.4 is 0 Å². The van der Waals surface area contributed by atoms with E-state index in [0.29, 0.717) is 26.4 Å². The predicted molar refractivity (Wildman–Crippen MR) is 100 cm³/mol. The van der Waals surface area contributed by atoms with Crippen molar-refractivity contribution >= 4 is 31.9 Å². The van der Waals surface area contributed by atoms with Gasteiger partial charge in [0.15, 0.2) is 12.6 Å². The molecule has 2 saturated heterocycles. The van der Waals surface area contributed by atoms with Gasteiger partial charge in [-0.2, -0.15) is 0 Å². The van der Waals surface area contributed by atoms with Crippen LogP contribution in [0.2, 0.25) is 0 Å². The second kappa shape index (κ2) is 7.47. The molecule has 2 aromatic rings. The molecule has 132 valence electrons. The van der Waals surface area contributed by atoms with Gasteiger partial charge in [0, 0.05) is 20.1 Å². The van der Waals surface area contributed by atoms with Gasteiger partial charge in [0.25, 0.3) is 0 Å². The Morgan fingerprint density at radius 1 is 0.600 bits per heavy atom. The third-order valence-corrected chi connectivity index (χ3v) is 5.51. The van der Waals surface area contributed by atoms with Gasteiger partial charge >= 0.3 is 0 Å². The van der Waals surface area contributed by atoms with Crippen LogP contribution in [0.3, 0.4) is 0 Å². The van der Waals surface area contributed by atoms with Gasteiger partial charge in [0.1, 0.15) is 0 Å². The van der Waals surface area contributed by atoms with Gasteiger partial charge in [-0.15, -0.1) is 0 Å². The summed E-state index contributed by atoms with van der Waals surface area (Å²) in [7, 11) is 0. The fraction of sp³-hybridized carbons (Fsp3) is 0.368. The molecule has 0 saturated carbocycles. The zero-order chi connectivity index (χ0) is 17.3. The summed E-state index contributed by atoms with van der Waals surface area (Å²) in [6.07, 6.45) is -0.661. The Morgan fingerprint density at radius 2 is 0.920 bits per heavy atom. The Labute approximate surface area is 163 Å². The lowest BCUT2D eigenvalue weighted by Gasteiger charge is -2.43. The lowest BCUT2D eigenvalue weighted by Crippen LogP contribution is -2.49. The van der Waals surface area contributed by atoms with Crippen LogP contribution in [0.5, 0.6) is 0 Å². The third-order valence-electron chi connectivity index (χ3n) is 4.45. The summed E-state index contributed by atoms with van der Waals surface area (Å²) in [5.41, 5.74) is 1.80. The molecule has 2 heterocycles. The summed E-state index contributed by atoms with van der Waals surface area (Å²) < 4.78 is 25.9. The van der Waals surface area contributed by atoms with Crippen molar-refractivity contribution in [3.8, 4) is 0 Å². The summed E-state index contributed by atoms with van der Waals surface area (Å²) in [6.45, 7) is 2.23. The summed E-state index contributed by atoms with van der Waals surface area (Å²) >= 11 is 6.88. The van der Waals surface area contributed by atoms with Gasteiger partial charge in [-0.05, 0) is 24.3 Å². The molecule has 2 aliphatic rings. The van der Waals surface area contributed by atoms with E-state index in [0.717, 1.165) is 20.1 Å². The first-order chi connectivity index (χ1) is 12.1. The Balaban J connectivity index is 1.35. The van der Waals surface area contributed by atoms with Crippen molar-refractivity contribution in [2.45, 2.75) is 12.6 Å². The van der Waals surface area contributed by atoms with E-state index in [9.17, 15) is 0 Å². The average molecular weight is 470 g/mol. The molecule has 2 aliphatic heterocycles. The van der Waals surface area contributed by atoms with Crippen molar-refractivity contribution in [1.29, 1.82) is 0 Å². The highest BCUT2D eigenvalue weighted by Crippen LogP contribution is 2.38. The maximum absolute atomic E-state index is 5.95. The Morgan fingerprint density at radius 3 is 1.24 bits per heavy atom. The van der Waals surface area contributed by atoms with Gasteiger partial charge in [-0.25, -0.2) is 0 Å². The maximum atomic E-state index is 5.95. The van der Waals surface area contributed by atoms with Crippen molar-refractivity contribution in [2.24, 2.45) is 5.41 Å². The van der Waals surface area contributed by atoms with E-state index >= 15 is 0 Å². The van der Waals surface area contributed by atoms with Crippen molar-refractivity contribution in [1.82, 2.24) is 0 Å². The lowest BCUT2D eigenvalue weighted by atomic mass is 9.90. The Kier molecular flexibility index (Phi) is 5.27. The highest BCUT2D eigenvalue weighted by Gasteiger charge is 2.42. The third kappa shape index (κ3) is 3.99. The highest BCUT2D eigenvalue weighted by atomic mass is 79.9. The molecule has 25 heavy (non-hydrogen) atoms. The van der Waals surface area contributed by atoms with Crippen LogP contribution in [0.1, 0.15) is 23.7 Å². The van der Waals surface area contributed by atoms with Crippen molar-refractivity contribution in [3.05, 3.63) is 68.6 Å². The SMILES string of the molecule is Brc1ccc(C2OCC3(CO2)COC(c2ccc(Br)cc2)OC3)cc1. The van der Waals surface area contributed by atoms with Gasteiger partial charge < -0.3 is 18.9 Å². The number of ether oxygens (including phenoxy) is 4. The maximum Gasteiger partial charge on any atom is 0.183 e. The highest BCUT2D eigenvalue weighted by molar-refractivity contribution is 9.10. The second-order valence-corrected chi connectivity index (χ2v) is 8.34. The van der Waals surface area contributed by atoms with Crippen LogP contribution in [0.4, 0.5) is 0 Å². The molecule has 6 heteroatoms. The number of halogens is 2. The van der Waals surface area contributed by atoms with Gasteiger partial charge in [-0.1, -0.05) is 56.1 Å². The van der Waals surface area contributed by atoms with E-state index in [-0.39, 0.29) is 18.0 Å². The number of benzene rings is 2. The Hall–Kier alpha value is -0.760. The summed E-state index contributed by atoms with van der Waals surface area (Å²) in [4.78, 5) is 0. The first-order valence-corrected chi connectivity index (χ1v) is 9.70. The van der Waals surface area contributed by atoms with E-state index in [2.05, 4.69) is 31.9 Å². The monoisotopic (exact) mass is 468 g/mol. The number of rotatable bonds is 2. The molecule has 2 aromatic carbocycles. The molecule has 1 spiro atoms. The van der Waals surface area contributed by atoms with Gasteiger partial charge in [0.2, 0.25) is 0 Å². The molecule has 4 nitrogen and oxygen atoms in total. The van der Waals surface area contributed by atoms with Gasteiger partial charge in [0.05, 0.1) is 31.8 Å². The zero-order valence-electron chi connectivity index (χ0n) is 13.5. The van der Waals surface area contributed by atoms with E-state index in [1.54, 1.807) is 0 Å². The molecule has 2 fully saturated rings. The molecule has 0 bridgehead atoms. The van der Waals surface area contributed by atoms with E-state index in [1.165, 1.54) is 0 Å². The van der Waals surface area contributed by atoms with Crippen molar-refractivity contribution in [3.63, 3.8) is 0 Å². The smallest absolute Gasteiger partial charge is 0.183 e. The first kappa shape index (κ1) is 17.6. The first-order valence-electron chi connectivity index (χ1n) is 8.11. The molecule has 0 aliphatic carbocycles. The quantitative estimate of drug-likeness (QED) is 0.620. The molecular formula is C19H18Br2O4. The fourth-order valence-corrected chi connectivity index (χ4v) is 3.51. The standard InChI is InChI=1S/C19H18Br2O4/c20-15-5-1-13(2-6-15)17-22-9-19(10-23-17)11-24-18(25-12-19)14-3-7-16(21)8-4-14/h1-8,17-18H,9-12H2. The summed E-state index contributed by atoms with van der Waals surface area (Å²) in [6, 6.07) is 16.0. The minimum atomic E-state index is -0.331. The van der Waals surface area contributed by atoms with Crippen molar-refractivity contribution in [2.75, 3.05) is 26.4 Å². The summed E-state index contributed by atoms with van der Waals surface area (Å²) in [5.74, 6) is 0. The topological polar surface area (TPSA) is 36.9 Å². The predicted octanol–water partition coefficient (Wildman–Crippen LogP) is 4.99. The van der Waals surface area contributed by atoms with Crippen molar-refractivity contribution < 1.29 is 18.9 Å².